The van der Waals surface area contributed by atoms with Gasteiger partial charge in [0.25, 0.3) is 0 Å². The van der Waals surface area contributed by atoms with E-state index in [2.05, 4.69) is 69.8 Å². The van der Waals surface area contributed by atoms with Crippen LogP contribution >= 0.6 is 0 Å². The standard InChI is InChI=1S/C21H27N3O/c1-22-21(23-14-18-10-6-7-11-20(18)16-25-2)24-13-12-19(15-24)17-8-4-3-5-9-17/h3-11,19H,12-16H2,1-2H3,(H,22,23). The molecule has 0 radical (unpaired) electrons. The number of methoxy groups -OCH3 is 1. The van der Waals surface area contributed by atoms with Crippen LogP contribution < -0.4 is 5.32 Å². The van der Waals surface area contributed by atoms with Crippen LogP contribution in [0.25, 0.3) is 0 Å². The predicted octanol–water partition coefficient (Wildman–Crippen LogP) is 3.40. The number of nitrogens with one attached hydrogen (secondary N) is 1. The van der Waals surface area contributed by atoms with E-state index in [0.29, 0.717) is 12.5 Å². The van der Waals surface area contributed by atoms with Crippen LogP contribution in [0.1, 0.15) is 29.0 Å². The third kappa shape index (κ3) is 4.40. The molecule has 0 amide bonds. The Morgan fingerprint density at radius 2 is 1.84 bits per heavy atom. The highest BCUT2D eigenvalue weighted by Gasteiger charge is 2.25. The lowest BCUT2D eigenvalue weighted by molar-refractivity contribution is 0.184. The van der Waals surface area contributed by atoms with E-state index in [1.54, 1.807) is 7.11 Å². The number of hydrogen-bond donors (Lipinski definition) is 1. The van der Waals surface area contributed by atoms with Crippen molar-refractivity contribution in [1.82, 2.24) is 10.2 Å². The molecule has 0 aromatic heterocycles. The lowest BCUT2D eigenvalue weighted by atomic mass is 9.99. The van der Waals surface area contributed by atoms with Crippen molar-refractivity contribution in [2.45, 2.75) is 25.5 Å². The van der Waals surface area contributed by atoms with Crippen LogP contribution in [0.4, 0.5) is 0 Å². The zero-order valence-electron chi connectivity index (χ0n) is 15.1. The van der Waals surface area contributed by atoms with E-state index in [9.17, 15) is 0 Å². The molecule has 1 N–H and O–H groups in total. The molecule has 1 saturated heterocycles. The fraction of sp³-hybridized carbons (Fsp3) is 0.381. The zero-order valence-corrected chi connectivity index (χ0v) is 15.1. The molecule has 1 atom stereocenters. The number of likely N-dealkylation sites (tertiary alicyclic amines) is 1. The van der Waals surface area contributed by atoms with Crippen molar-refractivity contribution in [3.8, 4) is 0 Å². The molecule has 3 rings (SSSR count). The lowest BCUT2D eigenvalue weighted by Gasteiger charge is -2.22. The maximum absolute atomic E-state index is 5.30. The molecular formula is C21H27N3O. The normalized spacial score (nSPS) is 17.8. The molecule has 132 valence electrons. The molecule has 25 heavy (non-hydrogen) atoms. The van der Waals surface area contributed by atoms with Gasteiger partial charge in [0.1, 0.15) is 0 Å². The first-order chi connectivity index (χ1) is 12.3. The number of hydrogen-bond acceptors (Lipinski definition) is 2. The summed E-state index contributed by atoms with van der Waals surface area (Å²) in [6, 6.07) is 19.2. The van der Waals surface area contributed by atoms with E-state index in [1.807, 2.05) is 7.05 Å². The zero-order chi connectivity index (χ0) is 17.5. The molecule has 2 aromatic rings. The van der Waals surface area contributed by atoms with Crippen molar-refractivity contribution >= 4 is 5.96 Å². The Morgan fingerprint density at radius 1 is 1.12 bits per heavy atom. The molecule has 0 saturated carbocycles. The fourth-order valence-corrected chi connectivity index (χ4v) is 3.48. The molecule has 0 bridgehead atoms. The molecule has 4 heteroatoms. The molecular weight excluding hydrogens is 310 g/mol. The van der Waals surface area contributed by atoms with Crippen molar-refractivity contribution < 1.29 is 4.74 Å². The van der Waals surface area contributed by atoms with E-state index in [1.165, 1.54) is 23.1 Å². The van der Waals surface area contributed by atoms with Crippen LogP contribution in [0.5, 0.6) is 0 Å². The van der Waals surface area contributed by atoms with Gasteiger partial charge in [-0.2, -0.15) is 0 Å². The Bertz CT molecular complexity index is 699. The van der Waals surface area contributed by atoms with Gasteiger partial charge >= 0.3 is 0 Å². The third-order valence-electron chi connectivity index (χ3n) is 4.83. The molecule has 1 unspecified atom stereocenters. The van der Waals surface area contributed by atoms with Gasteiger partial charge in [0.05, 0.1) is 6.61 Å². The van der Waals surface area contributed by atoms with Crippen LogP contribution in [-0.2, 0) is 17.9 Å². The number of ether oxygens (including phenoxy) is 1. The number of nitrogens with zero attached hydrogens (tertiary/aromatic N) is 2. The van der Waals surface area contributed by atoms with Gasteiger partial charge in [-0.1, -0.05) is 54.6 Å². The SMILES string of the molecule is CN=C(NCc1ccccc1COC)N1CCC(c2ccccc2)C1. The van der Waals surface area contributed by atoms with Crippen LogP contribution in [0.15, 0.2) is 59.6 Å². The molecule has 1 fully saturated rings. The quantitative estimate of drug-likeness (QED) is 0.671. The van der Waals surface area contributed by atoms with Gasteiger partial charge in [-0.05, 0) is 23.1 Å². The van der Waals surface area contributed by atoms with Crippen LogP contribution in [0, 0.1) is 0 Å². The van der Waals surface area contributed by atoms with Gasteiger partial charge in [-0.15, -0.1) is 0 Å². The van der Waals surface area contributed by atoms with Crippen LogP contribution in [0.3, 0.4) is 0 Å². The molecule has 1 aliphatic rings. The second kappa shape index (κ2) is 8.67. The topological polar surface area (TPSA) is 36.9 Å². The smallest absolute Gasteiger partial charge is 0.193 e. The largest absolute Gasteiger partial charge is 0.380 e. The minimum Gasteiger partial charge on any atom is -0.380 e. The molecule has 0 spiro atoms. The summed E-state index contributed by atoms with van der Waals surface area (Å²) in [6.45, 7) is 3.46. The average Bonchev–Trinajstić information content (AvgIpc) is 3.14. The number of guanidine groups is 1. The van der Waals surface area contributed by atoms with Gasteiger partial charge in [0.15, 0.2) is 5.96 Å². The maximum Gasteiger partial charge on any atom is 0.193 e. The monoisotopic (exact) mass is 337 g/mol. The summed E-state index contributed by atoms with van der Waals surface area (Å²) in [6.07, 6.45) is 1.17. The fourth-order valence-electron chi connectivity index (χ4n) is 3.48. The molecule has 1 heterocycles. The summed E-state index contributed by atoms with van der Waals surface area (Å²) < 4.78 is 5.30. The minimum absolute atomic E-state index is 0.584. The van der Waals surface area contributed by atoms with E-state index >= 15 is 0 Å². The second-order valence-corrected chi connectivity index (χ2v) is 6.44. The van der Waals surface area contributed by atoms with Crippen LogP contribution in [0.2, 0.25) is 0 Å². The Morgan fingerprint density at radius 3 is 2.56 bits per heavy atom. The first-order valence-corrected chi connectivity index (χ1v) is 8.88. The van der Waals surface area contributed by atoms with Crippen molar-refractivity contribution in [3.63, 3.8) is 0 Å². The van der Waals surface area contributed by atoms with E-state index in [0.717, 1.165) is 25.6 Å². The molecule has 2 aromatic carbocycles. The summed E-state index contributed by atoms with van der Waals surface area (Å²) in [7, 11) is 3.59. The van der Waals surface area contributed by atoms with Gasteiger partial charge in [0.2, 0.25) is 0 Å². The van der Waals surface area contributed by atoms with Gasteiger partial charge < -0.3 is 15.0 Å². The second-order valence-electron chi connectivity index (χ2n) is 6.44. The van der Waals surface area contributed by atoms with Crippen molar-refractivity contribution in [2.75, 3.05) is 27.2 Å². The lowest BCUT2D eigenvalue weighted by Crippen LogP contribution is -2.39. The summed E-state index contributed by atoms with van der Waals surface area (Å²) in [5.74, 6) is 1.56. The molecule has 4 nitrogen and oxygen atoms in total. The van der Waals surface area contributed by atoms with Crippen molar-refractivity contribution in [3.05, 3.63) is 71.3 Å². The first kappa shape index (κ1) is 17.5. The third-order valence-corrected chi connectivity index (χ3v) is 4.83. The van der Waals surface area contributed by atoms with E-state index < -0.39 is 0 Å². The summed E-state index contributed by atoms with van der Waals surface area (Å²) in [5.41, 5.74) is 3.90. The Balaban J connectivity index is 1.61. The van der Waals surface area contributed by atoms with Gasteiger partial charge in [-0.25, -0.2) is 0 Å². The minimum atomic E-state index is 0.584. The first-order valence-electron chi connectivity index (χ1n) is 8.88. The highest BCUT2D eigenvalue weighted by molar-refractivity contribution is 5.80. The molecule has 1 aliphatic heterocycles. The Labute approximate surface area is 150 Å². The Hall–Kier alpha value is -2.33. The summed E-state index contributed by atoms with van der Waals surface area (Å²) >= 11 is 0. The van der Waals surface area contributed by atoms with E-state index in [-0.39, 0.29) is 0 Å². The number of rotatable bonds is 5. The summed E-state index contributed by atoms with van der Waals surface area (Å²) in [5, 5.41) is 3.52. The van der Waals surface area contributed by atoms with E-state index in [4.69, 9.17) is 4.74 Å². The number of benzene rings is 2. The summed E-state index contributed by atoms with van der Waals surface area (Å²) in [4.78, 5) is 6.85. The molecule has 0 aliphatic carbocycles. The van der Waals surface area contributed by atoms with Gasteiger partial charge in [-0.3, -0.25) is 4.99 Å². The highest BCUT2D eigenvalue weighted by Crippen LogP contribution is 2.26. The maximum atomic E-state index is 5.30. The van der Waals surface area contributed by atoms with Gasteiger partial charge in [0, 0.05) is 39.7 Å². The number of aliphatic imine (C=N–C) groups is 1. The van der Waals surface area contributed by atoms with Crippen molar-refractivity contribution in [1.29, 1.82) is 0 Å². The average molecular weight is 337 g/mol. The Kier molecular flexibility index (Phi) is 6.07. The highest BCUT2D eigenvalue weighted by atomic mass is 16.5. The van der Waals surface area contributed by atoms with Crippen LogP contribution in [-0.4, -0.2) is 38.1 Å². The predicted molar refractivity (Wildman–Crippen MR) is 103 cm³/mol. The van der Waals surface area contributed by atoms with Crippen molar-refractivity contribution in [2.24, 2.45) is 4.99 Å².